The second-order valence-electron chi connectivity index (χ2n) is 5.21. The van der Waals surface area contributed by atoms with Gasteiger partial charge in [-0.15, -0.1) is 0 Å². The van der Waals surface area contributed by atoms with Crippen molar-refractivity contribution in [3.63, 3.8) is 0 Å². The molecule has 0 saturated heterocycles. The fourth-order valence-electron chi connectivity index (χ4n) is 2.22. The van der Waals surface area contributed by atoms with Crippen LogP contribution in [0.25, 0.3) is 5.82 Å². The normalized spacial score (nSPS) is 11.6. The Morgan fingerprint density at radius 2 is 1.91 bits per heavy atom. The van der Waals surface area contributed by atoms with Crippen molar-refractivity contribution in [2.75, 3.05) is 7.11 Å². The molecule has 22 heavy (non-hydrogen) atoms. The van der Waals surface area contributed by atoms with Crippen LogP contribution in [0.5, 0.6) is 5.75 Å². The predicted molar refractivity (Wildman–Crippen MR) is 78.0 cm³/mol. The lowest BCUT2D eigenvalue weighted by Crippen LogP contribution is -2.28. The second kappa shape index (κ2) is 5.47. The summed E-state index contributed by atoms with van der Waals surface area (Å²) < 4.78 is 33.1. The maximum Gasteiger partial charge on any atom is 0.276 e. The quantitative estimate of drug-likeness (QED) is 0.874. The van der Waals surface area contributed by atoms with Crippen molar-refractivity contribution in [1.82, 2.24) is 14.8 Å². The van der Waals surface area contributed by atoms with Gasteiger partial charge in [-0.2, -0.15) is 9.78 Å². The average molecular weight is 309 g/mol. The van der Waals surface area contributed by atoms with Gasteiger partial charge >= 0.3 is 0 Å². The van der Waals surface area contributed by atoms with E-state index in [9.17, 15) is 13.6 Å². The van der Waals surface area contributed by atoms with Gasteiger partial charge in [-0.05, 0) is 32.4 Å². The Bertz CT molecular complexity index is 780. The lowest BCUT2D eigenvalue weighted by molar-refractivity contribution is 0.0160. The number of halogens is 2. The van der Waals surface area contributed by atoms with Crippen molar-refractivity contribution in [3.05, 3.63) is 45.0 Å². The molecule has 2 rings (SSSR count). The lowest BCUT2D eigenvalue weighted by atomic mass is 10.1. The zero-order valence-electron chi connectivity index (χ0n) is 13.1. The molecule has 0 saturated carbocycles. The third-order valence-corrected chi connectivity index (χ3v) is 3.44. The van der Waals surface area contributed by atoms with Crippen molar-refractivity contribution in [2.24, 2.45) is 0 Å². The molecule has 0 radical (unpaired) electrons. The molecule has 118 valence electrons. The van der Waals surface area contributed by atoms with Gasteiger partial charge in [0.05, 0.1) is 19.0 Å². The summed E-state index contributed by atoms with van der Waals surface area (Å²) in [6, 6.07) is 1.73. The first-order valence-corrected chi connectivity index (χ1v) is 6.66. The number of ether oxygens (including phenoxy) is 1. The van der Waals surface area contributed by atoms with E-state index >= 15 is 0 Å². The Morgan fingerprint density at radius 3 is 2.45 bits per heavy atom. The minimum atomic E-state index is -3.12. The summed E-state index contributed by atoms with van der Waals surface area (Å²) in [4.78, 5) is 16.6. The smallest absolute Gasteiger partial charge is 0.276 e. The maximum atomic E-state index is 13.5. The van der Waals surface area contributed by atoms with Gasteiger partial charge < -0.3 is 4.74 Å². The van der Waals surface area contributed by atoms with E-state index < -0.39 is 11.5 Å². The van der Waals surface area contributed by atoms with Crippen LogP contribution in [0, 0.1) is 20.8 Å². The Hall–Kier alpha value is -2.31. The monoisotopic (exact) mass is 309 g/mol. The van der Waals surface area contributed by atoms with E-state index in [0.717, 1.165) is 17.8 Å². The van der Waals surface area contributed by atoms with Crippen LogP contribution < -0.4 is 10.3 Å². The maximum absolute atomic E-state index is 13.5. The number of methoxy groups -OCH3 is 1. The summed E-state index contributed by atoms with van der Waals surface area (Å²) in [5.41, 5.74) is 0.208. The fourth-order valence-corrected chi connectivity index (χ4v) is 2.22. The van der Waals surface area contributed by atoms with E-state index in [0.29, 0.717) is 22.8 Å². The molecule has 7 heteroatoms. The van der Waals surface area contributed by atoms with Gasteiger partial charge in [0.2, 0.25) is 0 Å². The van der Waals surface area contributed by atoms with E-state index in [1.807, 2.05) is 0 Å². The van der Waals surface area contributed by atoms with Crippen LogP contribution in [0.4, 0.5) is 8.78 Å². The van der Waals surface area contributed by atoms with Crippen LogP contribution >= 0.6 is 0 Å². The minimum Gasteiger partial charge on any atom is -0.495 e. The number of hydrogen-bond donors (Lipinski definition) is 0. The van der Waals surface area contributed by atoms with Gasteiger partial charge in [0.15, 0.2) is 5.82 Å². The zero-order chi connectivity index (χ0) is 16.7. The van der Waals surface area contributed by atoms with E-state index in [-0.39, 0.29) is 11.1 Å². The SMILES string of the molecule is COc1cc(C)c(-n2ncc(C(C)(F)F)c(C)c2=O)nc1C. The molecule has 0 unspecified atom stereocenters. The van der Waals surface area contributed by atoms with Gasteiger partial charge in [-0.25, -0.2) is 13.8 Å². The summed E-state index contributed by atoms with van der Waals surface area (Å²) in [5.74, 6) is -2.23. The Labute approximate surface area is 126 Å². The van der Waals surface area contributed by atoms with Crippen molar-refractivity contribution in [3.8, 4) is 11.6 Å². The van der Waals surface area contributed by atoms with Crippen molar-refractivity contribution >= 4 is 0 Å². The summed E-state index contributed by atoms with van der Waals surface area (Å²) in [7, 11) is 1.52. The van der Waals surface area contributed by atoms with Crippen LogP contribution in [0.15, 0.2) is 17.1 Å². The van der Waals surface area contributed by atoms with E-state index in [1.54, 1.807) is 19.9 Å². The van der Waals surface area contributed by atoms with Crippen LogP contribution in [-0.2, 0) is 5.92 Å². The predicted octanol–water partition coefficient (Wildman–Crippen LogP) is 2.67. The molecule has 5 nitrogen and oxygen atoms in total. The molecule has 0 aliphatic carbocycles. The highest BCUT2D eigenvalue weighted by Crippen LogP contribution is 2.28. The number of aromatic nitrogens is 3. The molecule has 0 atom stereocenters. The molecular formula is C15H17F2N3O2. The summed E-state index contributed by atoms with van der Waals surface area (Å²) in [6.07, 6.45) is 1.01. The number of aryl methyl sites for hydroxylation is 2. The molecule has 0 amide bonds. The number of hydrogen-bond acceptors (Lipinski definition) is 4. The standard InChI is InChI=1S/C15H17F2N3O2/c1-8-6-12(22-5)10(3)19-13(8)20-14(21)9(2)11(7-18-20)15(4,16)17/h6-7H,1-5H3. The van der Waals surface area contributed by atoms with E-state index in [2.05, 4.69) is 10.1 Å². The average Bonchev–Trinajstić information content (AvgIpc) is 2.42. The molecule has 0 fully saturated rings. The molecule has 0 bridgehead atoms. The highest BCUT2D eigenvalue weighted by atomic mass is 19.3. The second-order valence-corrected chi connectivity index (χ2v) is 5.21. The highest BCUT2D eigenvalue weighted by molar-refractivity contribution is 5.42. The summed E-state index contributed by atoms with van der Waals surface area (Å²) >= 11 is 0. The Kier molecular flexibility index (Phi) is 4.00. The van der Waals surface area contributed by atoms with Crippen LogP contribution in [0.1, 0.15) is 29.3 Å². The molecule has 2 aromatic rings. The van der Waals surface area contributed by atoms with Gasteiger partial charge in [-0.1, -0.05) is 0 Å². The van der Waals surface area contributed by atoms with Crippen LogP contribution in [0.3, 0.4) is 0 Å². The third-order valence-electron chi connectivity index (χ3n) is 3.44. The Morgan fingerprint density at radius 1 is 1.27 bits per heavy atom. The number of rotatable bonds is 3. The topological polar surface area (TPSA) is 57.0 Å². The molecule has 0 aromatic carbocycles. The molecule has 0 N–H and O–H groups in total. The number of pyridine rings is 1. The van der Waals surface area contributed by atoms with Crippen LogP contribution in [-0.4, -0.2) is 21.9 Å². The van der Waals surface area contributed by atoms with Gasteiger partial charge in [0.1, 0.15) is 5.75 Å². The van der Waals surface area contributed by atoms with Crippen LogP contribution in [0.2, 0.25) is 0 Å². The third kappa shape index (κ3) is 2.70. The van der Waals surface area contributed by atoms with Crippen molar-refractivity contribution in [2.45, 2.75) is 33.6 Å². The van der Waals surface area contributed by atoms with Crippen molar-refractivity contribution < 1.29 is 13.5 Å². The van der Waals surface area contributed by atoms with Gasteiger partial charge in [-0.3, -0.25) is 4.79 Å². The summed E-state index contributed by atoms with van der Waals surface area (Å²) in [5, 5.41) is 3.85. The first kappa shape index (κ1) is 16.1. The molecule has 0 aliphatic rings. The molecule has 0 aliphatic heterocycles. The first-order valence-electron chi connectivity index (χ1n) is 6.66. The number of alkyl halides is 2. The first-order chi connectivity index (χ1) is 10.2. The summed E-state index contributed by atoms with van der Waals surface area (Å²) in [6.45, 7) is 5.57. The fraction of sp³-hybridized carbons (Fsp3) is 0.400. The van der Waals surface area contributed by atoms with E-state index in [1.165, 1.54) is 14.0 Å². The van der Waals surface area contributed by atoms with E-state index in [4.69, 9.17) is 4.74 Å². The van der Waals surface area contributed by atoms with Gasteiger partial charge in [0, 0.05) is 18.1 Å². The highest BCUT2D eigenvalue weighted by Gasteiger charge is 2.29. The molecule has 0 spiro atoms. The molecule has 2 aromatic heterocycles. The Balaban J connectivity index is 2.68. The molecular weight excluding hydrogens is 292 g/mol. The molecule has 2 heterocycles. The zero-order valence-corrected chi connectivity index (χ0v) is 13.1. The minimum absolute atomic E-state index is 0.0443. The number of nitrogens with zero attached hydrogens (tertiary/aromatic N) is 3. The van der Waals surface area contributed by atoms with Gasteiger partial charge in [0.25, 0.3) is 11.5 Å². The van der Waals surface area contributed by atoms with Crippen molar-refractivity contribution in [1.29, 1.82) is 0 Å². The largest absolute Gasteiger partial charge is 0.495 e. The lowest BCUT2D eigenvalue weighted by Gasteiger charge is -2.15.